The molecule has 0 radical (unpaired) electrons. The van der Waals surface area contributed by atoms with Crippen molar-refractivity contribution in [3.8, 4) is 17.2 Å². The molecule has 4 aromatic rings. The minimum atomic E-state index is -1.30. The number of allylic oxidation sites excluding steroid dienone is 1. The van der Waals surface area contributed by atoms with Gasteiger partial charge < -0.3 is 29.5 Å². The first kappa shape index (κ1) is 30.6. The summed E-state index contributed by atoms with van der Waals surface area (Å²) in [5.41, 5.74) is 2.42. The van der Waals surface area contributed by atoms with Crippen LogP contribution >= 0.6 is 0 Å². The Balaban J connectivity index is 1.65. The van der Waals surface area contributed by atoms with E-state index < -0.39 is 22.6 Å². The lowest BCUT2D eigenvalue weighted by Crippen LogP contribution is -2.52. The Bertz CT molecular complexity index is 1740. The number of aromatic hydroxyl groups is 1. The molecule has 0 aliphatic carbocycles. The highest BCUT2D eigenvalue weighted by Gasteiger charge is 2.38. The average molecular weight is 610 g/mol. The standard InChI is InChI=1S/C34H31N3O8/c1-44-28-12-5-22(6-13-28)17-26-21-36(30-16-9-25(34(40)41)19-31(30)37(42)43)32(18-23-7-14-29(45-2)15-8-23)33(39)35(26)20-24-3-10-27(38)11-4-24/h3-16,19,21,32,38H,17-18,20H2,1-2H3,(H,40,41)/t32-/m0/s1. The van der Waals surface area contributed by atoms with E-state index in [9.17, 15) is 29.9 Å². The highest BCUT2D eigenvalue weighted by molar-refractivity contribution is 5.93. The number of hydrogen-bond acceptors (Lipinski definition) is 8. The zero-order chi connectivity index (χ0) is 32.1. The van der Waals surface area contributed by atoms with Crippen LogP contribution in [0.25, 0.3) is 0 Å². The summed E-state index contributed by atoms with van der Waals surface area (Å²) in [6.07, 6.45) is 2.22. The van der Waals surface area contributed by atoms with Gasteiger partial charge in [-0.15, -0.1) is 0 Å². The quantitative estimate of drug-likeness (QED) is 0.165. The number of carboxylic acid groups (broad SMARTS) is 1. The summed E-state index contributed by atoms with van der Waals surface area (Å²) in [7, 11) is 3.12. The molecule has 0 aromatic heterocycles. The number of hydrogen-bond donors (Lipinski definition) is 2. The van der Waals surface area contributed by atoms with Crippen LogP contribution < -0.4 is 14.4 Å². The van der Waals surface area contributed by atoms with Crippen molar-refractivity contribution in [2.24, 2.45) is 0 Å². The number of benzene rings is 4. The molecule has 1 aliphatic rings. The third-order valence-electron chi connectivity index (χ3n) is 7.63. The Morgan fingerprint density at radius 3 is 2.00 bits per heavy atom. The number of rotatable bonds is 11. The number of aromatic carboxylic acids is 1. The van der Waals surface area contributed by atoms with Crippen molar-refractivity contribution in [3.05, 3.63) is 135 Å². The van der Waals surface area contributed by atoms with Gasteiger partial charge in [-0.3, -0.25) is 14.9 Å². The molecule has 1 amide bonds. The van der Waals surface area contributed by atoms with Crippen LogP contribution in [-0.2, 0) is 24.2 Å². The van der Waals surface area contributed by atoms with Gasteiger partial charge in [-0.1, -0.05) is 36.4 Å². The van der Waals surface area contributed by atoms with Gasteiger partial charge in [0, 0.05) is 30.8 Å². The topological polar surface area (TPSA) is 143 Å². The first-order chi connectivity index (χ1) is 21.7. The van der Waals surface area contributed by atoms with Crippen molar-refractivity contribution >= 4 is 23.3 Å². The first-order valence-electron chi connectivity index (χ1n) is 14.0. The summed E-state index contributed by atoms with van der Waals surface area (Å²) in [5.74, 6) is -0.199. The van der Waals surface area contributed by atoms with Gasteiger partial charge in [0.25, 0.3) is 11.6 Å². The molecule has 0 spiro atoms. The minimum Gasteiger partial charge on any atom is -0.508 e. The van der Waals surface area contributed by atoms with Crippen LogP contribution in [0, 0.1) is 10.1 Å². The second-order valence-electron chi connectivity index (χ2n) is 10.5. The van der Waals surface area contributed by atoms with E-state index in [2.05, 4.69) is 0 Å². The molecule has 2 N–H and O–H groups in total. The van der Waals surface area contributed by atoms with E-state index in [0.717, 1.165) is 22.8 Å². The van der Waals surface area contributed by atoms with E-state index in [1.807, 2.05) is 36.4 Å². The van der Waals surface area contributed by atoms with Crippen LogP contribution in [0.5, 0.6) is 17.2 Å². The van der Waals surface area contributed by atoms with Crippen LogP contribution in [0.1, 0.15) is 27.0 Å². The van der Waals surface area contributed by atoms with Gasteiger partial charge in [0.05, 0.1) is 31.3 Å². The number of phenolic OH excluding ortho intramolecular Hbond substituents is 1. The van der Waals surface area contributed by atoms with Crippen molar-refractivity contribution in [2.45, 2.75) is 25.4 Å². The third-order valence-corrected chi connectivity index (χ3v) is 7.63. The fourth-order valence-electron chi connectivity index (χ4n) is 5.25. The van der Waals surface area contributed by atoms with E-state index in [0.29, 0.717) is 23.6 Å². The predicted molar refractivity (Wildman–Crippen MR) is 166 cm³/mol. The Labute approximate surface area is 259 Å². The number of phenols is 1. The number of anilines is 1. The molecular weight excluding hydrogens is 578 g/mol. The van der Waals surface area contributed by atoms with Crippen LogP contribution in [0.3, 0.4) is 0 Å². The number of carbonyl (C=O) groups is 2. The summed E-state index contributed by atoms with van der Waals surface area (Å²) in [5, 5.41) is 31.6. The summed E-state index contributed by atoms with van der Waals surface area (Å²) >= 11 is 0. The largest absolute Gasteiger partial charge is 0.508 e. The molecule has 230 valence electrons. The van der Waals surface area contributed by atoms with Gasteiger partial charge in [-0.25, -0.2) is 4.79 Å². The smallest absolute Gasteiger partial charge is 0.335 e. The van der Waals surface area contributed by atoms with Crippen LogP contribution in [0.2, 0.25) is 0 Å². The van der Waals surface area contributed by atoms with Crippen molar-refractivity contribution < 1.29 is 34.2 Å². The number of methoxy groups -OCH3 is 2. The van der Waals surface area contributed by atoms with Gasteiger partial charge >= 0.3 is 5.97 Å². The molecule has 11 heteroatoms. The molecule has 11 nitrogen and oxygen atoms in total. The van der Waals surface area contributed by atoms with E-state index in [4.69, 9.17) is 9.47 Å². The van der Waals surface area contributed by atoms with Gasteiger partial charge in [0.2, 0.25) is 0 Å². The molecule has 0 unspecified atom stereocenters. The zero-order valence-corrected chi connectivity index (χ0v) is 24.6. The molecule has 5 rings (SSSR count). The molecule has 1 atom stereocenters. The minimum absolute atomic E-state index is 0.0911. The molecule has 45 heavy (non-hydrogen) atoms. The predicted octanol–water partition coefficient (Wildman–Crippen LogP) is 5.56. The molecule has 1 aliphatic heterocycles. The number of nitro groups is 1. The van der Waals surface area contributed by atoms with Crippen molar-refractivity contribution in [1.82, 2.24) is 4.90 Å². The molecule has 0 fully saturated rings. The molecule has 4 aromatic carbocycles. The SMILES string of the molecule is COc1ccc(CC2=CN(c3ccc(C(=O)O)cc3[N+](=O)[O-])[C@@H](Cc3ccc(OC)cc3)C(=O)N2Cc2ccc(O)cc2)cc1. The number of amides is 1. The molecule has 0 saturated carbocycles. The van der Waals surface area contributed by atoms with E-state index in [1.165, 1.54) is 12.1 Å². The number of nitrogens with zero attached hydrogens (tertiary/aromatic N) is 3. The van der Waals surface area contributed by atoms with E-state index in [-0.39, 0.29) is 35.9 Å². The molecular formula is C34H31N3O8. The van der Waals surface area contributed by atoms with Gasteiger partial charge in [0.15, 0.2) is 0 Å². The normalized spacial score (nSPS) is 14.6. The summed E-state index contributed by atoms with van der Waals surface area (Å²) in [6.45, 7) is 0.189. The highest BCUT2D eigenvalue weighted by atomic mass is 16.6. The maximum Gasteiger partial charge on any atom is 0.335 e. The number of carbonyl (C=O) groups excluding carboxylic acids is 1. The average Bonchev–Trinajstić information content (AvgIpc) is 3.05. The molecule has 0 saturated heterocycles. The maximum atomic E-state index is 14.6. The summed E-state index contributed by atoms with van der Waals surface area (Å²) < 4.78 is 10.6. The Hall–Kier alpha value is -5.84. The van der Waals surface area contributed by atoms with Gasteiger partial charge in [0.1, 0.15) is 29.0 Å². The van der Waals surface area contributed by atoms with Crippen molar-refractivity contribution in [1.29, 1.82) is 0 Å². The zero-order valence-electron chi connectivity index (χ0n) is 24.6. The lowest BCUT2D eigenvalue weighted by Gasteiger charge is -2.40. The maximum absolute atomic E-state index is 14.6. The van der Waals surface area contributed by atoms with Gasteiger partial charge in [-0.05, 0) is 65.2 Å². The Morgan fingerprint density at radius 2 is 1.44 bits per heavy atom. The molecule has 1 heterocycles. The van der Waals surface area contributed by atoms with E-state index >= 15 is 0 Å². The fraction of sp³-hybridized carbons (Fsp3) is 0.176. The highest BCUT2D eigenvalue weighted by Crippen LogP contribution is 2.37. The van der Waals surface area contributed by atoms with Crippen LogP contribution in [0.4, 0.5) is 11.4 Å². The second kappa shape index (κ2) is 13.2. The van der Waals surface area contributed by atoms with Crippen LogP contribution in [-0.4, -0.2) is 52.2 Å². The lowest BCUT2D eigenvalue weighted by molar-refractivity contribution is -0.384. The fourth-order valence-corrected chi connectivity index (χ4v) is 5.25. The Morgan fingerprint density at radius 1 is 0.867 bits per heavy atom. The van der Waals surface area contributed by atoms with Gasteiger partial charge in [-0.2, -0.15) is 0 Å². The second-order valence-corrected chi connectivity index (χ2v) is 10.5. The number of nitro benzene ring substituents is 1. The summed E-state index contributed by atoms with van der Waals surface area (Å²) in [4.78, 5) is 41.0. The molecule has 0 bridgehead atoms. The van der Waals surface area contributed by atoms with E-state index in [1.54, 1.807) is 66.6 Å². The third kappa shape index (κ3) is 6.88. The monoisotopic (exact) mass is 609 g/mol. The number of ether oxygens (including phenoxy) is 2. The first-order valence-corrected chi connectivity index (χ1v) is 14.0. The number of carboxylic acids is 1. The Kier molecular flexibility index (Phi) is 8.99. The lowest BCUT2D eigenvalue weighted by atomic mass is 9.97. The van der Waals surface area contributed by atoms with Crippen molar-refractivity contribution in [3.63, 3.8) is 0 Å². The van der Waals surface area contributed by atoms with Crippen molar-refractivity contribution in [2.75, 3.05) is 19.1 Å². The van der Waals surface area contributed by atoms with Crippen LogP contribution in [0.15, 0.2) is 103 Å². The summed E-state index contributed by atoms with van der Waals surface area (Å²) in [6, 6.07) is 23.9.